The van der Waals surface area contributed by atoms with Crippen molar-refractivity contribution in [3.63, 3.8) is 0 Å². The molecule has 30 heavy (non-hydrogen) atoms. The van der Waals surface area contributed by atoms with E-state index in [1.807, 2.05) is 0 Å². The predicted octanol–water partition coefficient (Wildman–Crippen LogP) is 3.73. The summed E-state index contributed by atoms with van der Waals surface area (Å²) in [5.41, 5.74) is -0.644. The standard InChI is InChI=1S/C23H20O7/c1-4-29-22(25)20-18(21(24)15-7-11-17(28-3)12-8-15)13-19(30-23(20)26)14-5-9-16(27-2)10-6-14/h5-13H,4H2,1-3H3. The van der Waals surface area contributed by atoms with Crippen LogP contribution in [0.25, 0.3) is 11.3 Å². The quantitative estimate of drug-likeness (QED) is 0.434. The highest BCUT2D eigenvalue weighted by Gasteiger charge is 2.26. The average molecular weight is 408 g/mol. The van der Waals surface area contributed by atoms with Crippen molar-refractivity contribution in [2.24, 2.45) is 0 Å². The summed E-state index contributed by atoms with van der Waals surface area (Å²) >= 11 is 0. The Balaban J connectivity index is 2.15. The van der Waals surface area contributed by atoms with Crippen molar-refractivity contribution in [1.82, 2.24) is 0 Å². The minimum atomic E-state index is -0.946. The molecule has 0 saturated heterocycles. The second-order valence-corrected chi connectivity index (χ2v) is 6.19. The van der Waals surface area contributed by atoms with E-state index in [0.29, 0.717) is 17.1 Å². The molecule has 0 aliphatic rings. The zero-order valence-electron chi connectivity index (χ0n) is 16.8. The van der Waals surface area contributed by atoms with E-state index in [0.717, 1.165) is 0 Å². The van der Waals surface area contributed by atoms with Gasteiger partial charge in [-0.2, -0.15) is 0 Å². The number of carbonyl (C=O) groups excluding carboxylic acids is 2. The van der Waals surface area contributed by atoms with Gasteiger partial charge in [0.1, 0.15) is 17.3 Å². The number of carbonyl (C=O) groups is 2. The molecular formula is C23H20O7. The zero-order valence-corrected chi connectivity index (χ0v) is 16.8. The van der Waals surface area contributed by atoms with Crippen LogP contribution in [0.15, 0.2) is 63.8 Å². The lowest BCUT2D eigenvalue weighted by molar-refractivity contribution is 0.0518. The lowest BCUT2D eigenvalue weighted by Gasteiger charge is -2.10. The molecule has 0 radical (unpaired) electrons. The van der Waals surface area contributed by atoms with E-state index in [1.54, 1.807) is 55.5 Å². The van der Waals surface area contributed by atoms with Crippen LogP contribution in [0, 0.1) is 0 Å². The van der Waals surface area contributed by atoms with Crippen molar-refractivity contribution in [3.05, 3.63) is 81.7 Å². The molecule has 0 spiro atoms. The highest BCUT2D eigenvalue weighted by molar-refractivity contribution is 6.14. The largest absolute Gasteiger partial charge is 0.497 e. The Hall–Kier alpha value is -3.87. The second kappa shape index (κ2) is 9.09. The molecule has 0 N–H and O–H groups in total. The predicted molar refractivity (Wildman–Crippen MR) is 109 cm³/mol. The van der Waals surface area contributed by atoms with E-state index in [-0.39, 0.29) is 23.5 Å². The Morgan fingerprint density at radius 3 is 2.00 bits per heavy atom. The molecule has 0 aliphatic heterocycles. The van der Waals surface area contributed by atoms with Crippen molar-refractivity contribution in [1.29, 1.82) is 0 Å². The topological polar surface area (TPSA) is 92.0 Å². The molecule has 3 aromatic rings. The van der Waals surface area contributed by atoms with Gasteiger partial charge >= 0.3 is 11.6 Å². The smallest absolute Gasteiger partial charge is 0.351 e. The molecule has 7 heteroatoms. The monoisotopic (exact) mass is 408 g/mol. The van der Waals surface area contributed by atoms with E-state index in [4.69, 9.17) is 18.6 Å². The van der Waals surface area contributed by atoms with Crippen LogP contribution in [0.1, 0.15) is 33.2 Å². The molecule has 0 bridgehead atoms. The van der Waals surface area contributed by atoms with Crippen LogP contribution in [-0.2, 0) is 4.74 Å². The summed E-state index contributed by atoms with van der Waals surface area (Å²) in [6.45, 7) is 1.66. The van der Waals surface area contributed by atoms with Crippen LogP contribution in [0.5, 0.6) is 11.5 Å². The number of ketones is 1. The van der Waals surface area contributed by atoms with Gasteiger partial charge in [-0.3, -0.25) is 4.79 Å². The van der Waals surface area contributed by atoms with Crippen LogP contribution in [0.4, 0.5) is 0 Å². The number of methoxy groups -OCH3 is 2. The summed E-state index contributed by atoms with van der Waals surface area (Å²) in [4.78, 5) is 38.2. The van der Waals surface area contributed by atoms with Crippen molar-refractivity contribution in [2.75, 3.05) is 20.8 Å². The molecule has 2 aromatic carbocycles. The number of esters is 1. The first-order valence-corrected chi connectivity index (χ1v) is 9.17. The maximum Gasteiger partial charge on any atom is 0.351 e. The number of hydrogen-bond acceptors (Lipinski definition) is 7. The molecule has 0 fully saturated rings. The SMILES string of the molecule is CCOC(=O)c1c(C(=O)c2ccc(OC)cc2)cc(-c2ccc(OC)cc2)oc1=O. The van der Waals surface area contributed by atoms with Gasteiger partial charge < -0.3 is 18.6 Å². The van der Waals surface area contributed by atoms with Gasteiger partial charge in [-0.1, -0.05) is 0 Å². The van der Waals surface area contributed by atoms with Crippen molar-refractivity contribution < 1.29 is 28.2 Å². The van der Waals surface area contributed by atoms with Gasteiger partial charge in [-0.05, 0) is 61.5 Å². The van der Waals surface area contributed by atoms with Crippen molar-refractivity contribution in [2.45, 2.75) is 6.92 Å². The Labute approximate surface area is 172 Å². The zero-order chi connectivity index (χ0) is 21.7. The summed E-state index contributed by atoms with van der Waals surface area (Å²) in [5, 5.41) is 0. The van der Waals surface area contributed by atoms with Gasteiger partial charge in [0.15, 0.2) is 11.3 Å². The summed E-state index contributed by atoms with van der Waals surface area (Å²) in [6, 6.07) is 14.5. The third kappa shape index (κ3) is 4.25. The lowest BCUT2D eigenvalue weighted by Crippen LogP contribution is -2.22. The molecule has 154 valence electrons. The Morgan fingerprint density at radius 1 is 0.900 bits per heavy atom. The minimum absolute atomic E-state index is 0.0503. The Kier molecular flexibility index (Phi) is 6.32. The van der Waals surface area contributed by atoms with Crippen molar-refractivity contribution >= 4 is 11.8 Å². The molecule has 1 aromatic heterocycles. The third-order valence-electron chi connectivity index (χ3n) is 4.40. The molecule has 0 unspecified atom stereocenters. The lowest BCUT2D eigenvalue weighted by atomic mass is 9.98. The molecular weight excluding hydrogens is 388 g/mol. The Morgan fingerprint density at radius 2 is 1.47 bits per heavy atom. The molecule has 0 aliphatic carbocycles. The number of ether oxygens (including phenoxy) is 3. The normalized spacial score (nSPS) is 10.4. The van der Waals surface area contributed by atoms with Crippen LogP contribution < -0.4 is 15.1 Å². The summed E-state index contributed by atoms with van der Waals surface area (Å²) in [6.07, 6.45) is 0. The van der Waals surface area contributed by atoms with Gasteiger partial charge in [0.25, 0.3) is 0 Å². The molecule has 0 saturated carbocycles. The maximum atomic E-state index is 13.2. The number of hydrogen-bond donors (Lipinski definition) is 0. The van der Waals surface area contributed by atoms with Gasteiger partial charge in [0, 0.05) is 16.7 Å². The van der Waals surface area contributed by atoms with E-state index in [1.165, 1.54) is 20.3 Å². The first-order chi connectivity index (χ1) is 14.5. The van der Waals surface area contributed by atoms with Crippen molar-refractivity contribution in [3.8, 4) is 22.8 Å². The third-order valence-corrected chi connectivity index (χ3v) is 4.40. The van der Waals surface area contributed by atoms with Gasteiger partial charge in [-0.15, -0.1) is 0 Å². The Bertz CT molecular complexity index is 1110. The van der Waals surface area contributed by atoms with E-state index < -0.39 is 22.9 Å². The highest BCUT2D eigenvalue weighted by Crippen LogP contribution is 2.25. The minimum Gasteiger partial charge on any atom is -0.497 e. The van der Waals surface area contributed by atoms with Gasteiger partial charge in [0.2, 0.25) is 0 Å². The molecule has 7 nitrogen and oxygen atoms in total. The molecule has 0 atom stereocenters. The average Bonchev–Trinajstić information content (AvgIpc) is 2.78. The summed E-state index contributed by atoms with van der Waals surface area (Å²) in [5.74, 6) is -0.0808. The molecule has 3 rings (SSSR count). The second-order valence-electron chi connectivity index (χ2n) is 6.19. The van der Waals surface area contributed by atoms with Gasteiger partial charge in [-0.25, -0.2) is 9.59 Å². The van der Waals surface area contributed by atoms with Crippen LogP contribution in [0.2, 0.25) is 0 Å². The summed E-state index contributed by atoms with van der Waals surface area (Å²) < 4.78 is 20.5. The van der Waals surface area contributed by atoms with E-state index in [2.05, 4.69) is 0 Å². The summed E-state index contributed by atoms with van der Waals surface area (Å²) in [7, 11) is 3.05. The molecule has 1 heterocycles. The first-order valence-electron chi connectivity index (χ1n) is 9.17. The maximum absolute atomic E-state index is 13.2. The highest BCUT2D eigenvalue weighted by atomic mass is 16.5. The fourth-order valence-corrected chi connectivity index (χ4v) is 2.86. The number of rotatable bonds is 7. The van der Waals surface area contributed by atoms with Crippen LogP contribution in [-0.4, -0.2) is 32.6 Å². The van der Waals surface area contributed by atoms with E-state index >= 15 is 0 Å². The van der Waals surface area contributed by atoms with Gasteiger partial charge in [0.05, 0.1) is 20.8 Å². The fraction of sp³-hybridized carbons (Fsp3) is 0.174. The fourth-order valence-electron chi connectivity index (χ4n) is 2.86. The van der Waals surface area contributed by atoms with E-state index in [9.17, 15) is 14.4 Å². The number of benzene rings is 2. The first kappa shape index (κ1) is 20.9. The van der Waals surface area contributed by atoms with Crippen LogP contribution in [0.3, 0.4) is 0 Å². The molecule has 0 amide bonds. The van der Waals surface area contributed by atoms with Crippen LogP contribution >= 0.6 is 0 Å².